The van der Waals surface area contributed by atoms with Crippen molar-refractivity contribution < 1.29 is 24.1 Å². The molecule has 3 aromatic rings. The minimum atomic E-state index is -1.15. The van der Waals surface area contributed by atoms with Crippen LogP contribution in [0.3, 0.4) is 0 Å². The number of carbonyl (C=O) groups excluding carboxylic acids is 1. The third-order valence-corrected chi connectivity index (χ3v) is 10.0. The second-order valence-corrected chi connectivity index (χ2v) is 18.1. The van der Waals surface area contributed by atoms with Gasteiger partial charge in [0, 0.05) is 39.9 Å². The molecular weight excluding hydrogens is 529 g/mol. The molecule has 2 aromatic heterocycles. The maximum Gasteiger partial charge on any atom is 0.224 e. The van der Waals surface area contributed by atoms with E-state index in [0.29, 0.717) is 31.8 Å². The van der Waals surface area contributed by atoms with Crippen molar-refractivity contribution in [2.45, 2.75) is 63.8 Å². The Morgan fingerprint density at radius 1 is 1.23 bits per heavy atom. The van der Waals surface area contributed by atoms with Gasteiger partial charge < -0.3 is 29.7 Å². The molecule has 216 valence electrons. The normalized spacial score (nSPS) is 20.1. The van der Waals surface area contributed by atoms with Crippen LogP contribution in [0.15, 0.2) is 42.9 Å². The molecule has 2 fully saturated rings. The first kappa shape index (κ1) is 28.7. The average Bonchev–Trinajstić information content (AvgIpc) is 3.56. The van der Waals surface area contributed by atoms with E-state index < -0.39 is 32.6 Å². The summed E-state index contributed by atoms with van der Waals surface area (Å²) in [5, 5.41) is 24.5. The van der Waals surface area contributed by atoms with Crippen LogP contribution in [0.1, 0.15) is 30.9 Å². The molecule has 0 radical (unpaired) electrons. The van der Waals surface area contributed by atoms with Crippen LogP contribution in [0.2, 0.25) is 25.7 Å². The molecular formula is C29H40FN5O4Si. The summed E-state index contributed by atoms with van der Waals surface area (Å²) < 4.78 is 21.3. The van der Waals surface area contributed by atoms with E-state index in [4.69, 9.17) is 4.74 Å². The van der Waals surface area contributed by atoms with E-state index in [2.05, 4.69) is 39.8 Å². The number of anilines is 1. The van der Waals surface area contributed by atoms with Crippen LogP contribution in [-0.4, -0.2) is 71.1 Å². The van der Waals surface area contributed by atoms with Gasteiger partial charge in [-0.2, -0.15) is 0 Å². The Labute approximate surface area is 235 Å². The van der Waals surface area contributed by atoms with Crippen LogP contribution in [0, 0.1) is 17.2 Å². The van der Waals surface area contributed by atoms with E-state index in [1.807, 2.05) is 16.8 Å². The van der Waals surface area contributed by atoms with Gasteiger partial charge in [0.1, 0.15) is 36.4 Å². The van der Waals surface area contributed by atoms with Crippen molar-refractivity contribution in [1.82, 2.24) is 19.9 Å². The molecule has 0 unspecified atom stereocenters. The van der Waals surface area contributed by atoms with Gasteiger partial charge in [0.2, 0.25) is 5.91 Å². The Morgan fingerprint density at radius 3 is 2.65 bits per heavy atom. The molecule has 1 aliphatic heterocycles. The molecule has 0 bridgehead atoms. The Kier molecular flexibility index (Phi) is 8.28. The zero-order valence-corrected chi connectivity index (χ0v) is 24.5. The van der Waals surface area contributed by atoms with Crippen LogP contribution in [0.5, 0.6) is 0 Å². The van der Waals surface area contributed by atoms with Gasteiger partial charge in [-0.1, -0.05) is 31.8 Å². The van der Waals surface area contributed by atoms with Gasteiger partial charge in [-0.15, -0.1) is 0 Å². The quantitative estimate of drug-likeness (QED) is 0.238. The number of halogens is 1. The third-order valence-electron chi connectivity index (χ3n) is 8.32. The Bertz CT molecular complexity index is 1320. The van der Waals surface area contributed by atoms with Gasteiger partial charge in [-0.25, -0.2) is 14.4 Å². The topological polar surface area (TPSA) is 113 Å². The van der Waals surface area contributed by atoms with Crippen molar-refractivity contribution in [2.75, 3.05) is 31.2 Å². The molecule has 3 N–H and O–H groups in total. The van der Waals surface area contributed by atoms with Gasteiger partial charge in [0.05, 0.1) is 18.0 Å². The van der Waals surface area contributed by atoms with E-state index >= 15 is 0 Å². The number of aliphatic hydroxyl groups excluding tert-OH is 2. The highest BCUT2D eigenvalue weighted by Crippen LogP contribution is 2.56. The molecule has 1 spiro atoms. The first-order chi connectivity index (χ1) is 19.1. The number of hydrogen-bond acceptors (Lipinski definition) is 7. The maximum absolute atomic E-state index is 13.4. The second-order valence-electron chi connectivity index (χ2n) is 12.5. The summed E-state index contributed by atoms with van der Waals surface area (Å²) in [6.07, 6.45) is 4.96. The van der Waals surface area contributed by atoms with Gasteiger partial charge in [0.15, 0.2) is 0 Å². The zero-order valence-electron chi connectivity index (χ0n) is 23.5. The van der Waals surface area contributed by atoms with Crippen molar-refractivity contribution in [2.24, 2.45) is 11.3 Å². The van der Waals surface area contributed by atoms with Crippen molar-refractivity contribution in [3.8, 4) is 0 Å². The molecule has 1 amide bonds. The number of fused-ring (bicyclic) bond motifs is 1. The second kappa shape index (κ2) is 11.6. The lowest BCUT2D eigenvalue weighted by Crippen LogP contribution is -2.51. The third kappa shape index (κ3) is 6.22. The standard InChI is InChI=1S/C29H40FN5O4Si/c1-40(2,3)15-14-39-19-35-12-8-22-26(31-18-32-27(22)35)34-13-9-23(29(17-34)10-11-29)28(38)33-24(16-36)25(37)20-4-6-21(30)7-5-20/h4-8,12,18,23-25,36-37H,9-11,13-17,19H2,1-3H3,(H,33,38)/t23-,24+,25-/m1/s1. The smallest absolute Gasteiger partial charge is 0.224 e. The summed E-state index contributed by atoms with van der Waals surface area (Å²) in [6, 6.07) is 7.71. The van der Waals surface area contributed by atoms with Crippen molar-refractivity contribution in [1.29, 1.82) is 0 Å². The summed E-state index contributed by atoms with van der Waals surface area (Å²) in [6.45, 7) is 9.14. The lowest BCUT2D eigenvalue weighted by Gasteiger charge is -2.40. The van der Waals surface area contributed by atoms with Crippen molar-refractivity contribution in [3.05, 3.63) is 54.2 Å². The highest BCUT2D eigenvalue weighted by Gasteiger charge is 2.55. The van der Waals surface area contributed by atoms with E-state index in [9.17, 15) is 19.4 Å². The summed E-state index contributed by atoms with van der Waals surface area (Å²) >= 11 is 0. The Balaban J connectivity index is 1.24. The fourth-order valence-electron chi connectivity index (χ4n) is 5.71. The molecule has 5 rings (SSSR count). The number of aromatic nitrogens is 3. The Morgan fingerprint density at radius 2 is 1.98 bits per heavy atom. The number of aliphatic hydroxyl groups is 2. The van der Waals surface area contributed by atoms with Crippen LogP contribution < -0.4 is 10.2 Å². The van der Waals surface area contributed by atoms with Gasteiger partial charge in [-0.05, 0) is 54.5 Å². The van der Waals surface area contributed by atoms with Crippen LogP contribution in [0.4, 0.5) is 10.2 Å². The lowest BCUT2D eigenvalue weighted by molar-refractivity contribution is -0.130. The molecule has 9 nitrogen and oxygen atoms in total. The molecule has 2 aliphatic rings. The molecule has 1 saturated heterocycles. The molecule has 1 aliphatic carbocycles. The molecule has 1 aromatic carbocycles. The van der Waals surface area contributed by atoms with Crippen LogP contribution in [-0.2, 0) is 16.3 Å². The first-order valence-electron chi connectivity index (χ1n) is 14.1. The summed E-state index contributed by atoms with van der Waals surface area (Å²) in [5.41, 5.74) is 1.12. The molecule has 1 saturated carbocycles. The highest BCUT2D eigenvalue weighted by atomic mass is 28.3. The maximum atomic E-state index is 13.4. The minimum absolute atomic E-state index is 0.160. The number of hydrogen-bond donors (Lipinski definition) is 3. The van der Waals surface area contributed by atoms with Crippen molar-refractivity contribution in [3.63, 3.8) is 0 Å². The highest BCUT2D eigenvalue weighted by molar-refractivity contribution is 6.76. The number of nitrogens with zero attached hydrogens (tertiary/aromatic N) is 4. The Hall–Kier alpha value is -2.86. The fraction of sp³-hybridized carbons (Fsp3) is 0.552. The van der Waals surface area contributed by atoms with E-state index in [-0.39, 0.29) is 17.2 Å². The zero-order chi connectivity index (χ0) is 28.5. The largest absolute Gasteiger partial charge is 0.394 e. The number of ether oxygens (including phenoxy) is 1. The first-order valence-corrected chi connectivity index (χ1v) is 17.8. The number of amides is 1. The van der Waals surface area contributed by atoms with Gasteiger partial charge in [-0.3, -0.25) is 4.79 Å². The molecule has 3 heterocycles. The van der Waals surface area contributed by atoms with Crippen molar-refractivity contribution >= 4 is 30.8 Å². The summed E-state index contributed by atoms with van der Waals surface area (Å²) in [7, 11) is -1.15. The minimum Gasteiger partial charge on any atom is -0.394 e. The number of rotatable bonds is 11. The average molecular weight is 570 g/mol. The van der Waals surface area contributed by atoms with Gasteiger partial charge in [0.25, 0.3) is 0 Å². The molecule has 40 heavy (non-hydrogen) atoms. The van der Waals surface area contributed by atoms with Crippen LogP contribution in [0.25, 0.3) is 11.0 Å². The number of carbonyl (C=O) groups is 1. The SMILES string of the molecule is C[Si](C)(C)CCOCn1ccc2c(N3CC[C@H](C(=O)N[C@@H](CO)[C@H](O)c4ccc(F)cc4)C4(CC4)C3)ncnc21. The predicted molar refractivity (Wildman–Crippen MR) is 154 cm³/mol. The number of benzene rings is 1. The predicted octanol–water partition coefficient (Wildman–Crippen LogP) is 3.70. The summed E-state index contributed by atoms with van der Waals surface area (Å²) in [4.78, 5) is 24.8. The molecule has 3 atom stereocenters. The summed E-state index contributed by atoms with van der Waals surface area (Å²) in [5.74, 6) is 0.0777. The number of nitrogens with one attached hydrogen (secondary N) is 1. The van der Waals surface area contributed by atoms with E-state index in [1.165, 1.54) is 24.3 Å². The van der Waals surface area contributed by atoms with Gasteiger partial charge >= 0.3 is 0 Å². The monoisotopic (exact) mass is 569 g/mol. The molecule has 11 heteroatoms. The van der Waals surface area contributed by atoms with E-state index in [0.717, 1.165) is 42.3 Å². The van der Waals surface area contributed by atoms with E-state index in [1.54, 1.807) is 6.33 Å². The van der Waals surface area contributed by atoms with Crippen LogP contribution >= 0.6 is 0 Å². The number of piperidine rings is 1. The lowest BCUT2D eigenvalue weighted by atomic mass is 9.81. The fourth-order valence-corrected chi connectivity index (χ4v) is 6.46.